The Morgan fingerprint density at radius 3 is 2.67 bits per heavy atom. The number of hydrogen-bond donors (Lipinski definition) is 0. The quantitative estimate of drug-likeness (QED) is 0.757. The number of hydrogen-bond acceptors (Lipinski definition) is 3. The zero-order valence-corrected chi connectivity index (χ0v) is 14.3. The van der Waals surface area contributed by atoms with Crippen molar-refractivity contribution in [2.75, 3.05) is 51.2 Å². The molecule has 1 aromatic rings. The van der Waals surface area contributed by atoms with Gasteiger partial charge in [0.25, 0.3) is 0 Å². The van der Waals surface area contributed by atoms with Crippen LogP contribution in [0.3, 0.4) is 0 Å². The average molecular weight is 353 g/mol. The SMILES string of the molecule is BrCCN1CCCN(CCc2ccc3c(c2)CCO3)CC1. The molecule has 0 atom stereocenters. The molecule has 2 aliphatic heterocycles. The Labute approximate surface area is 136 Å². The fourth-order valence-electron chi connectivity index (χ4n) is 3.27. The van der Waals surface area contributed by atoms with Gasteiger partial charge in [0, 0.05) is 37.9 Å². The molecule has 1 saturated heterocycles. The van der Waals surface area contributed by atoms with E-state index >= 15 is 0 Å². The molecule has 0 radical (unpaired) electrons. The normalized spacial score (nSPS) is 20.0. The van der Waals surface area contributed by atoms with Crippen LogP contribution in [0.4, 0.5) is 0 Å². The summed E-state index contributed by atoms with van der Waals surface area (Å²) in [7, 11) is 0. The number of halogens is 1. The van der Waals surface area contributed by atoms with Gasteiger partial charge in [-0.25, -0.2) is 0 Å². The Morgan fingerprint density at radius 1 is 1.05 bits per heavy atom. The lowest BCUT2D eigenvalue weighted by molar-refractivity contribution is 0.266. The summed E-state index contributed by atoms with van der Waals surface area (Å²) < 4.78 is 5.58. The van der Waals surface area contributed by atoms with Crippen molar-refractivity contribution in [1.29, 1.82) is 0 Å². The predicted octanol–water partition coefficient (Wildman–Crippen LogP) is 2.57. The van der Waals surface area contributed by atoms with Gasteiger partial charge in [0.05, 0.1) is 6.61 Å². The molecule has 0 bridgehead atoms. The van der Waals surface area contributed by atoms with E-state index in [1.165, 1.54) is 56.8 Å². The molecule has 4 heteroatoms. The van der Waals surface area contributed by atoms with E-state index in [1.807, 2.05) is 0 Å². The molecular formula is C17H25BrN2O. The molecule has 1 aromatic carbocycles. The van der Waals surface area contributed by atoms with Crippen molar-refractivity contribution in [3.63, 3.8) is 0 Å². The molecule has 3 rings (SSSR count). The molecule has 0 saturated carbocycles. The standard InChI is InChI=1S/C17H25BrN2O/c18-6-10-20-8-1-7-19(11-12-20)9-4-15-2-3-17-16(14-15)5-13-21-17/h2-3,14H,1,4-13H2. The summed E-state index contributed by atoms with van der Waals surface area (Å²) in [6, 6.07) is 6.73. The minimum absolute atomic E-state index is 0.855. The number of fused-ring (bicyclic) bond motifs is 1. The van der Waals surface area contributed by atoms with E-state index in [1.54, 1.807) is 0 Å². The molecule has 2 aliphatic rings. The molecule has 0 N–H and O–H groups in total. The minimum atomic E-state index is 0.855. The van der Waals surface area contributed by atoms with Gasteiger partial charge in [0.2, 0.25) is 0 Å². The van der Waals surface area contributed by atoms with E-state index in [0.29, 0.717) is 0 Å². The zero-order chi connectivity index (χ0) is 14.5. The summed E-state index contributed by atoms with van der Waals surface area (Å²) in [6.45, 7) is 8.13. The van der Waals surface area contributed by atoms with Gasteiger partial charge < -0.3 is 14.5 Å². The lowest BCUT2D eigenvalue weighted by Gasteiger charge is -2.21. The summed E-state index contributed by atoms with van der Waals surface area (Å²) in [5, 5.41) is 1.09. The summed E-state index contributed by atoms with van der Waals surface area (Å²) in [5.74, 6) is 1.10. The Hall–Kier alpha value is -0.580. The summed E-state index contributed by atoms with van der Waals surface area (Å²) in [6.07, 6.45) is 3.53. The van der Waals surface area contributed by atoms with Crippen molar-refractivity contribution in [1.82, 2.24) is 9.80 Å². The van der Waals surface area contributed by atoms with Crippen LogP contribution in [0.15, 0.2) is 18.2 Å². The van der Waals surface area contributed by atoms with Crippen molar-refractivity contribution in [3.05, 3.63) is 29.3 Å². The highest BCUT2D eigenvalue weighted by Crippen LogP contribution is 2.26. The predicted molar refractivity (Wildman–Crippen MR) is 90.6 cm³/mol. The lowest BCUT2D eigenvalue weighted by atomic mass is 10.1. The number of ether oxygens (including phenoxy) is 1. The first kappa shape index (κ1) is 15.3. The van der Waals surface area contributed by atoms with Gasteiger partial charge >= 0.3 is 0 Å². The van der Waals surface area contributed by atoms with Crippen molar-refractivity contribution < 1.29 is 4.74 Å². The van der Waals surface area contributed by atoms with Crippen molar-refractivity contribution >= 4 is 15.9 Å². The van der Waals surface area contributed by atoms with Gasteiger partial charge in [-0.05, 0) is 43.1 Å². The van der Waals surface area contributed by atoms with Crippen LogP contribution in [0.2, 0.25) is 0 Å². The topological polar surface area (TPSA) is 15.7 Å². The van der Waals surface area contributed by atoms with E-state index in [-0.39, 0.29) is 0 Å². The highest BCUT2D eigenvalue weighted by Gasteiger charge is 2.15. The smallest absolute Gasteiger partial charge is 0.122 e. The maximum atomic E-state index is 5.58. The third-order valence-corrected chi connectivity index (χ3v) is 4.91. The van der Waals surface area contributed by atoms with Crippen molar-refractivity contribution in [2.45, 2.75) is 19.3 Å². The molecule has 2 heterocycles. The first-order chi connectivity index (χ1) is 10.3. The van der Waals surface area contributed by atoms with Crippen LogP contribution in [0.5, 0.6) is 5.75 Å². The fourth-order valence-corrected chi connectivity index (χ4v) is 3.78. The van der Waals surface area contributed by atoms with Crippen LogP contribution < -0.4 is 4.74 Å². The Morgan fingerprint density at radius 2 is 1.86 bits per heavy atom. The first-order valence-electron chi connectivity index (χ1n) is 8.10. The molecular weight excluding hydrogens is 328 g/mol. The number of benzene rings is 1. The van der Waals surface area contributed by atoms with Crippen LogP contribution in [0.25, 0.3) is 0 Å². The Bertz CT molecular complexity index is 466. The van der Waals surface area contributed by atoms with E-state index < -0.39 is 0 Å². The van der Waals surface area contributed by atoms with Crippen LogP contribution in [0, 0.1) is 0 Å². The second kappa shape index (κ2) is 7.61. The van der Waals surface area contributed by atoms with E-state index in [0.717, 1.165) is 30.5 Å². The van der Waals surface area contributed by atoms with Gasteiger partial charge in [0.1, 0.15) is 5.75 Å². The first-order valence-corrected chi connectivity index (χ1v) is 9.22. The molecule has 1 fully saturated rings. The van der Waals surface area contributed by atoms with Gasteiger partial charge in [-0.2, -0.15) is 0 Å². The maximum absolute atomic E-state index is 5.58. The molecule has 0 unspecified atom stereocenters. The molecule has 21 heavy (non-hydrogen) atoms. The van der Waals surface area contributed by atoms with Crippen LogP contribution in [-0.4, -0.2) is 61.0 Å². The van der Waals surface area contributed by atoms with Crippen molar-refractivity contribution in [2.24, 2.45) is 0 Å². The molecule has 0 aliphatic carbocycles. The van der Waals surface area contributed by atoms with Gasteiger partial charge in [0.15, 0.2) is 0 Å². The van der Waals surface area contributed by atoms with Crippen LogP contribution in [-0.2, 0) is 12.8 Å². The van der Waals surface area contributed by atoms with Gasteiger partial charge in [-0.3, -0.25) is 0 Å². The molecule has 116 valence electrons. The van der Waals surface area contributed by atoms with Crippen LogP contribution >= 0.6 is 15.9 Å². The highest BCUT2D eigenvalue weighted by atomic mass is 79.9. The minimum Gasteiger partial charge on any atom is -0.493 e. The molecule has 0 spiro atoms. The number of nitrogens with zero attached hydrogens (tertiary/aromatic N) is 2. The second-order valence-corrected chi connectivity index (χ2v) is 6.81. The van der Waals surface area contributed by atoms with E-state index in [2.05, 4.69) is 43.9 Å². The number of alkyl halides is 1. The molecule has 0 aromatic heterocycles. The summed E-state index contributed by atoms with van der Waals surface area (Å²) in [5.41, 5.74) is 2.85. The molecule has 0 amide bonds. The van der Waals surface area contributed by atoms with Gasteiger partial charge in [-0.15, -0.1) is 0 Å². The Balaban J connectivity index is 1.48. The van der Waals surface area contributed by atoms with Crippen LogP contribution in [0.1, 0.15) is 17.5 Å². The zero-order valence-electron chi connectivity index (χ0n) is 12.7. The number of rotatable bonds is 5. The average Bonchev–Trinajstić information content (AvgIpc) is 2.85. The maximum Gasteiger partial charge on any atom is 0.122 e. The summed E-state index contributed by atoms with van der Waals surface area (Å²) >= 11 is 3.55. The summed E-state index contributed by atoms with van der Waals surface area (Å²) in [4.78, 5) is 5.19. The van der Waals surface area contributed by atoms with E-state index in [9.17, 15) is 0 Å². The fraction of sp³-hybridized carbons (Fsp3) is 0.647. The van der Waals surface area contributed by atoms with E-state index in [4.69, 9.17) is 4.74 Å². The monoisotopic (exact) mass is 352 g/mol. The third-order valence-electron chi connectivity index (χ3n) is 4.55. The third kappa shape index (κ3) is 4.21. The van der Waals surface area contributed by atoms with Gasteiger partial charge in [-0.1, -0.05) is 28.1 Å². The highest BCUT2D eigenvalue weighted by molar-refractivity contribution is 9.09. The second-order valence-electron chi connectivity index (χ2n) is 6.02. The molecule has 3 nitrogen and oxygen atoms in total. The largest absolute Gasteiger partial charge is 0.493 e. The van der Waals surface area contributed by atoms with Crippen molar-refractivity contribution in [3.8, 4) is 5.75 Å². The Kier molecular flexibility index (Phi) is 5.55. The lowest BCUT2D eigenvalue weighted by Crippen LogP contribution is -2.32.